The van der Waals surface area contributed by atoms with Gasteiger partial charge in [0.1, 0.15) is 0 Å². The molecule has 0 aromatic heterocycles. The van der Waals surface area contributed by atoms with E-state index in [1.54, 1.807) is 0 Å². The Morgan fingerprint density at radius 1 is 1.17 bits per heavy atom. The minimum atomic E-state index is 0.0105. The van der Waals surface area contributed by atoms with Crippen LogP contribution in [0.5, 0.6) is 5.75 Å². The monoisotopic (exact) mass is 307 g/mol. The zero-order chi connectivity index (χ0) is 15.9. The van der Waals surface area contributed by atoms with E-state index in [0.29, 0.717) is 13.8 Å². The molecule has 0 spiro atoms. The average molecular weight is 307 g/mol. The van der Waals surface area contributed by atoms with Crippen LogP contribution >= 0.6 is 0 Å². The summed E-state index contributed by atoms with van der Waals surface area (Å²) >= 11 is 0. The molecule has 0 aliphatic carbocycles. The van der Waals surface area contributed by atoms with E-state index >= 15 is 0 Å². The Kier molecular flexibility index (Phi) is 5.32. The molecular weight excluding hydrogens is 289 g/mol. The molecule has 3 rings (SSSR count). The second-order valence-electron chi connectivity index (χ2n) is 5.50. The van der Waals surface area contributed by atoms with Gasteiger partial charge in [-0.1, -0.05) is 18.2 Å². The summed E-state index contributed by atoms with van der Waals surface area (Å²) in [4.78, 5) is 4.25. The van der Waals surface area contributed by atoms with Crippen molar-refractivity contribution in [3.63, 3.8) is 0 Å². The first-order chi connectivity index (χ1) is 11.3. The summed E-state index contributed by atoms with van der Waals surface area (Å²) in [6, 6.07) is 18.1. The van der Waals surface area contributed by atoms with Gasteiger partial charge in [0.25, 0.3) is 0 Å². The predicted octanol–water partition coefficient (Wildman–Crippen LogP) is 2.65. The van der Waals surface area contributed by atoms with Crippen LogP contribution in [0.25, 0.3) is 0 Å². The summed E-state index contributed by atoms with van der Waals surface area (Å²) in [6.45, 7) is 1.28. The summed E-state index contributed by atoms with van der Waals surface area (Å²) in [5.41, 5.74) is 2.30. The first-order valence-electron chi connectivity index (χ1n) is 7.69. The Hall–Kier alpha value is -2.27. The number of hydrogen-bond acceptors (Lipinski definition) is 4. The summed E-state index contributed by atoms with van der Waals surface area (Å²) < 4.78 is 21.5. The second kappa shape index (κ2) is 7.83. The molecule has 0 N–H and O–H groups in total. The van der Waals surface area contributed by atoms with Gasteiger partial charge in [0, 0.05) is 0 Å². The molecule has 0 unspecified atom stereocenters. The molecule has 2 aromatic rings. The normalized spacial score (nSPS) is 17.7. The molecule has 0 amide bonds. The maximum absolute atomic E-state index is 10.4. The van der Waals surface area contributed by atoms with Crippen molar-refractivity contribution in [2.45, 2.75) is 25.2 Å². The first-order valence-corrected chi connectivity index (χ1v) is 7.69. The van der Waals surface area contributed by atoms with E-state index in [9.17, 15) is 4.70 Å². The Bertz CT molecular complexity index is 654. The van der Waals surface area contributed by atoms with Crippen molar-refractivity contribution in [3.8, 4) is 5.75 Å². The van der Waals surface area contributed by atoms with Crippen molar-refractivity contribution < 1.29 is 14.2 Å². The number of benzene rings is 2. The SMILES string of the molecule is O=BC=N[C@@H](Cc1ccc(OCc2ccccc2)cc1)[C@H]1CO1. The zero-order valence-electron chi connectivity index (χ0n) is 12.8. The number of hydrogen-bond donors (Lipinski definition) is 0. The van der Waals surface area contributed by atoms with E-state index in [1.165, 1.54) is 6.11 Å². The number of ether oxygens (including phenoxy) is 2. The molecule has 116 valence electrons. The van der Waals surface area contributed by atoms with Gasteiger partial charge in [0.05, 0.1) is 0 Å². The second-order valence-corrected chi connectivity index (χ2v) is 5.50. The van der Waals surface area contributed by atoms with Gasteiger partial charge in [-0.25, -0.2) is 0 Å². The van der Waals surface area contributed by atoms with Gasteiger partial charge in [0.15, 0.2) is 0 Å². The van der Waals surface area contributed by atoms with Crippen molar-refractivity contribution >= 4 is 13.3 Å². The van der Waals surface area contributed by atoms with Gasteiger partial charge < -0.3 is 0 Å². The van der Waals surface area contributed by atoms with Crippen LogP contribution < -0.4 is 4.74 Å². The van der Waals surface area contributed by atoms with Crippen molar-refractivity contribution in [2.24, 2.45) is 4.99 Å². The molecular formula is C18H18BNO3. The van der Waals surface area contributed by atoms with Crippen molar-refractivity contribution in [3.05, 3.63) is 65.7 Å². The van der Waals surface area contributed by atoms with Crippen LogP contribution in [0, 0.1) is 0 Å². The van der Waals surface area contributed by atoms with Crippen LogP contribution in [0.1, 0.15) is 11.1 Å². The Morgan fingerprint density at radius 2 is 1.91 bits per heavy atom. The fourth-order valence-electron chi connectivity index (χ4n) is 2.41. The molecule has 23 heavy (non-hydrogen) atoms. The Morgan fingerprint density at radius 3 is 2.57 bits per heavy atom. The van der Waals surface area contributed by atoms with Gasteiger partial charge in [-0.05, 0) is 0 Å². The van der Waals surface area contributed by atoms with E-state index in [1.807, 2.05) is 54.6 Å². The molecule has 1 heterocycles. The molecule has 1 saturated heterocycles. The van der Waals surface area contributed by atoms with Gasteiger partial charge in [-0.3, -0.25) is 0 Å². The quantitative estimate of drug-likeness (QED) is 0.428. The van der Waals surface area contributed by atoms with E-state index in [2.05, 4.69) is 4.99 Å². The van der Waals surface area contributed by atoms with Crippen molar-refractivity contribution in [1.82, 2.24) is 0 Å². The molecule has 1 aliphatic rings. The number of rotatable bonds is 8. The van der Waals surface area contributed by atoms with Crippen LogP contribution in [0.2, 0.25) is 0 Å². The molecule has 2 aromatic carbocycles. The van der Waals surface area contributed by atoms with Crippen LogP contribution in [0.3, 0.4) is 0 Å². The third kappa shape index (κ3) is 4.86. The van der Waals surface area contributed by atoms with Crippen LogP contribution in [-0.2, 0) is 22.5 Å². The van der Waals surface area contributed by atoms with Gasteiger partial charge in [0.2, 0.25) is 0 Å². The summed E-state index contributed by atoms with van der Waals surface area (Å²) in [7, 11) is 0.704. The zero-order valence-corrected chi connectivity index (χ0v) is 12.8. The molecule has 5 heteroatoms. The van der Waals surface area contributed by atoms with Crippen molar-refractivity contribution in [2.75, 3.05) is 6.61 Å². The van der Waals surface area contributed by atoms with Gasteiger partial charge in [-0.15, -0.1) is 0 Å². The summed E-state index contributed by atoms with van der Waals surface area (Å²) in [6.07, 6.45) is 2.21. The van der Waals surface area contributed by atoms with Crippen molar-refractivity contribution in [1.29, 1.82) is 0 Å². The molecule has 0 saturated carbocycles. The van der Waals surface area contributed by atoms with Crippen LogP contribution in [-0.4, -0.2) is 32.0 Å². The molecule has 4 nitrogen and oxygen atoms in total. The van der Waals surface area contributed by atoms with Gasteiger partial charge in [-0.2, -0.15) is 0 Å². The number of epoxide rings is 1. The maximum atomic E-state index is 10.4. The standard InChI is InChI=1S/C18H18BNO3/c21-19-13-20-17(18-12-23-18)10-14-6-8-16(9-7-14)22-11-15-4-2-1-3-5-15/h1-9,13,17-18H,10-12H2/t17-,18+/m0/s1. The topological polar surface area (TPSA) is 51.2 Å². The third-order valence-electron chi connectivity index (χ3n) is 3.74. The Balaban J connectivity index is 1.56. The van der Waals surface area contributed by atoms with E-state index < -0.39 is 0 Å². The van der Waals surface area contributed by atoms with E-state index in [4.69, 9.17) is 9.47 Å². The molecule has 1 aliphatic heterocycles. The van der Waals surface area contributed by atoms with Crippen LogP contribution in [0.15, 0.2) is 59.6 Å². The van der Waals surface area contributed by atoms with E-state index in [-0.39, 0.29) is 12.1 Å². The fourth-order valence-corrected chi connectivity index (χ4v) is 2.41. The molecule has 0 bridgehead atoms. The number of aliphatic imine (C=N–C) groups is 1. The van der Waals surface area contributed by atoms with E-state index in [0.717, 1.165) is 29.9 Å². The minimum absolute atomic E-state index is 0.0105. The molecule has 0 radical (unpaired) electrons. The predicted molar refractivity (Wildman–Crippen MR) is 89.4 cm³/mol. The average Bonchev–Trinajstić information content (AvgIpc) is 3.44. The summed E-state index contributed by atoms with van der Waals surface area (Å²) in [5, 5.41) is 0. The summed E-state index contributed by atoms with van der Waals surface area (Å²) in [5.74, 6) is 0.841. The Labute approximate surface area is 136 Å². The molecule has 1 fully saturated rings. The number of nitrogens with zero attached hydrogens (tertiary/aromatic N) is 1. The molecule has 2 atom stereocenters. The van der Waals surface area contributed by atoms with Gasteiger partial charge >= 0.3 is 117 Å². The first kappa shape index (κ1) is 15.6. The third-order valence-corrected chi connectivity index (χ3v) is 3.74. The van der Waals surface area contributed by atoms with Crippen LogP contribution in [0.4, 0.5) is 0 Å². The fraction of sp³-hybridized carbons (Fsp3) is 0.278.